The molecule has 5 nitrogen and oxygen atoms in total. The van der Waals surface area contributed by atoms with Crippen molar-refractivity contribution in [3.63, 3.8) is 0 Å². The third-order valence-corrected chi connectivity index (χ3v) is 5.23. The minimum atomic E-state index is -0.486. The second-order valence-electron chi connectivity index (χ2n) is 4.49. The maximum atomic E-state index is 12.2. The van der Waals surface area contributed by atoms with Crippen LogP contribution in [0, 0.1) is 17.0 Å². The second-order valence-corrected chi connectivity index (χ2v) is 5.61. The van der Waals surface area contributed by atoms with Crippen LogP contribution >= 0.6 is 31.9 Å². The number of amides is 1. The van der Waals surface area contributed by atoms with Crippen LogP contribution in [0.3, 0.4) is 0 Å². The SMILES string of the molecule is Cc1c(C(=O)NC(C)(CBr)CBr)cccc1[N+](=O)[O-]. The van der Waals surface area contributed by atoms with Gasteiger partial charge in [0, 0.05) is 27.9 Å². The second kappa shape index (κ2) is 6.47. The number of nitro benzene ring substituents is 1. The highest BCUT2D eigenvalue weighted by molar-refractivity contribution is 9.09. The molecule has 7 heteroatoms. The van der Waals surface area contributed by atoms with Crippen molar-refractivity contribution in [3.8, 4) is 0 Å². The minimum absolute atomic E-state index is 0.0490. The summed E-state index contributed by atoms with van der Waals surface area (Å²) in [6.45, 7) is 3.45. The molecule has 0 unspecified atom stereocenters. The lowest BCUT2D eigenvalue weighted by molar-refractivity contribution is -0.385. The number of alkyl halides is 2. The van der Waals surface area contributed by atoms with Gasteiger partial charge in [-0.1, -0.05) is 37.9 Å². The van der Waals surface area contributed by atoms with Gasteiger partial charge < -0.3 is 5.32 Å². The van der Waals surface area contributed by atoms with E-state index in [2.05, 4.69) is 37.2 Å². The summed E-state index contributed by atoms with van der Waals surface area (Å²) in [6.07, 6.45) is 0. The van der Waals surface area contributed by atoms with Gasteiger partial charge in [-0.2, -0.15) is 0 Å². The summed E-state index contributed by atoms with van der Waals surface area (Å²) in [5, 5.41) is 14.9. The van der Waals surface area contributed by atoms with Gasteiger partial charge >= 0.3 is 0 Å². The van der Waals surface area contributed by atoms with E-state index in [-0.39, 0.29) is 11.6 Å². The molecule has 1 amide bonds. The number of halogens is 2. The fourth-order valence-electron chi connectivity index (χ4n) is 1.51. The molecule has 0 bridgehead atoms. The fraction of sp³-hybridized carbons (Fsp3) is 0.417. The van der Waals surface area contributed by atoms with Crippen LogP contribution < -0.4 is 5.32 Å². The average molecular weight is 394 g/mol. The molecular formula is C12H14Br2N2O3. The molecule has 0 aliphatic rings. The van der Waals surface area contributed by atoms with E-state index < -0.39 is 10.5 Å². The molecule has 1 N–H and O–H groups in total. The van der Waals surface area contributed by atoms with Gasteiger partial charge in [-0.05, 0) is 19.9 Å². The van der Waals surface area contributed by atoms with Crippen molar-refractivity contribution < 1.29 is 9.72 Å². The number of nitrogens with one attached hydrogen (secondary N) is 1. The molecule has 1 aromatic rings. The van der Waals surface area contributed by atoms with Crippen LogP contribution in [0.2, 0.25) is 0 Å². The summed E-state index contributed by atoms with van der Waals surface area (Å²) >= 11 is 6.67. The first-order valence-electron chi connectivity index (χ1n) is 5.53. The van der Waals surface area contributed by atoms with Crippen molar-refractivity contribution >= 4 is 43.5 Å². The van der Waals surface area contributed by atoms with Gasteiger partial charge in [0.15, 0.2) is 0 Å². The summed E-state index contributed by atoms with van der Waals surface area (Å²) in [4.78, 5) is 22.6. The van der Waals surface area contributed by atoms with Crippen molar-refractivity contribution in [1.82, 2.24) is 5.32 Å². The molecule has 104 valence electrons. The van der Waals surface area contributed by atoms with E-state index in [9.17, 15) is 14.9 Å². The van der Waals surface area contributed by atoms with Crippen LogP contribution in [0.4, 0.5) is 5.69 Å². The van der Waals surface area contributed by atoms with Gasteiger partial charge in [0.25, 0.3) is 11.6 Å². The summed E-state index contributed by atoms with van der Waals surface area (Å²) in [5.74, 6) is -0.317. The molecule has 0 aliphatic heterocycles. The Bertz CT molecular complexity index is 502. The normalized spacial score (nSPS) is 11.2. The predicted octanol–water partition coefficient (Wildman–Crippen LogP) is 3.18. The topological polar surface area (TPSA) is 72.2 Å². The molecular weight excluding hydrogens is 380 g/mol. The highest BCUT2D eigenvalue weighted by atomic mass is 79.9. The molecule has 0 heterocycles. The molecule has 0 saturated carbocycles. The molecule has 1 aromatic carbocycles. The van der Waals surface area contributed by atoms with E-state index in [1.165, 1.54) is 12.1 Å². The van der Waals surface area contributed by atoms with Gasteiger partial charge in [-0.15, -0.1) is 0 Å². The Kier molecular flexibility index (Phi) is 5.49. The summed E-state index contributed by atoms with van der Waals surface area (Å²) in [7, 11) is 0. The van der Waals surface area contributed by atoms with Crippen LogP contribution in [-0.2, 0) is 0 Å². The maximum Gasteiger partial charge on any atom is 0.273 e. The smallest absolute Gasteiger partial charge is 0.273 e. The lowest BCUT2D eigenvalue weighted by Crippen LogP contribution is -2.49. The van der Waals surface area contributed by atoms with E-state index in [4.69, 9.17) is 0 Å². The number of hydrogen-bond donors (Lipinski definition) is 1. The van der Waals surface area contributed by atoms with Crippen LogP contribution in [0.1, 0.15) is 22.8 Å². The molecule has 19 heavy (non-hydrogen) atoms. The number of nitro groups is 1. The molecule has 1 rings (SSSR count). The number of nitrogens with zero attached hydrogens (tertiary/aromatic N) is 1. The largest absolute Gasteiger partial charge is 0.345 e. The Labute approximate surface area is 128 Å². The zero-order valence-electron chi connectivity index (χ0n) is 10.6. The highest BCUT2D eigenvalue weighted by Gasteiger charge is 2.26. The predicted molar refractivity (Wildman–Crippen MR) is 81.3 cm³/mol. The van der Waals surface area contributed by atoms with E-state index in [1.54, 1.807) is 13.0 Å². The molecule has 0 spiro atoms. The van der Waals surface area contributed by atoms with Gasteiger partial charge in [0.1, 0.15) is 0 Å². The third kappa shape index (κ3) is 3.76. The summed E-state index contributed by atoms with van der Waals surface area (Å²) < 4.78 is 0. The highest BCUT2D eigenvalue weighted by Crippen LogP contribution is 2.22. The number of carbonyl (C=O) groups is 1. The number of carbonyl (C=O) groups excluding carboxylic acids is 1. The monoisotopic (exact) mass is 392 g/mol. The lowest BCUT2D eigenvalue weighted by atomic mass is 10.0. The molecule has 0 saturated heterocycles. The van der Waals surface area contributed by atoms with Gasteiger partial charge in [0.2, 0.25) is 0 Å². The Balaban J connectivity index is 3.08. The van der Waals surface area contributed by atoms with Gasteiger partial charge in [0.05, 0.1) is 10.5 Å². The van der Waals surface area contributed by atoms with E-state index >= 15 is 0 Å². The summed E-state index contributed by atoms with van der Waals surface area (Å²) in [5.41, 5.74) is 0.194. The summed E-state index contributed by atoms with van der Waals surface area (Å²) in [6, 6.07) is 4.49. The molecule has 0 aromatic heterocycles. The molecule has 0 radical (unpaired) electrons. The number of benzene rings is 1. The Morgan fingerprint density at radius 1 is 1.42 bits per heavy atom. The van der Waals surface area contributed by atoms with E-state index in [0.29, 0.717) is 21.8 Å². The van der Waals surface area contributed by atoms with Crippen molar-refractivity contribution in [2.24, 2.45) is 0 Å². The first-order chi connectivity index (χ1) is 8.84. The van der Waals surface area contributed by atoms with Gasteiger partial charge in [-0.3, -0.25) is 14.9 Å². The molecule has 0 aliphatic carbocycles. The Hall–Kier alpha value is -0.950. The quantitative estimate of drug-likeness (QED) is 0.474. The fourth-order valence-corrected chi connectivity index (χ4v) is 2.72. The van der Waals surface area contributed by atoms with Crippen LogP contribution in [0.25, 0.3) is 0 Å². The van der Waals surface area contributed by atoms with Crippen molar-refractivity contribution in [3.05, 3.63) is 39.4 Å². The lowest BCUT2D eigenvalue weighted by Gasteiger charge is -2.26. The first kappa shape index (κ1) is 16.1. The maximum absolute atomic E-state index is 12.2. The van der Waals surface area contributed by atoms with E-state index in [0.717, 1.165) is 0 Å². The van der Waals surface area contributed by atoms with Crippen molar-refractivity contribution in [2.45, 2.75) is 19.4 Å². The standard InChI is InChI=1S/C12H14Br2N2O3/c1-8-9(4-3-5-10(8)16(18)19)11(17)15-12(2,6-13)7-14/h3-5H,6-7H2,1-2H3,(H,15,17). The van der Waals surface area contributed by atoms with Crippen LogP contribution in [0.15, 0.2) is 18.2 Å². The Morgan fingerprint density at radius 2 is 2.00 bits per heavy atom. The van der Waals surface area contributed by atoms with E-state index in [1.807, 2.05) is 6.92 Å². The number of hydrogen-bond acceptors (Lipinski definition) is 3. The van der Waals surface area contributed by atoms with Crippen molar-refractivity contribution in [1.29, 1.82) is 0 Å². The Morgan fingerprint density at radius 3 is 2.47 bits per heavy atom. The third-order valence-electron chi connectivity index (χ3n) is 2.75. The van der Waals surface area contributed by atoms with Crippen molar-refractivity contribution in [2.75, 3.05) is 10.7 Å². The number of rotatable bonds is 5. The average Bonchev–Trinajstić information content (AvgIpc) is 2.38. The van der Waals surface area contributed by atoms with Crippen LogP contribution in [-0.4, -0.2) is 27.0 Å². The molecule has 0 fully saturated rings. The molecule has 0 atom stereocenters. The zero-order chi connectivity index (χ0) is 14.6. The zero-order valence-corrected chi connectivity index (χ0v) is 13.7. The van der Waals surface area contributed by atoms with Gasteiger partial charge in [-0.25, -0.2) is 0 Å². The minimum Gasteiger partial charge on any atom is -0.345 e. The van der Waals surface area contributed by atoms with Crippen LogP contribution in [0.5, 0.6) is 0 Å². The first-order valence-corrected chi connectivity index (χ1v) is 7.77.